The number of nitrogens with one attached hydrogen (secondary N) is 1. The summed E-state index contributed by atoms with van der Waals surface area (Å²) in [5.41, 5.74) is 3.38. The summed E-state index contributed by atoms with van der Waals surface area (Å²) in [6.07, 6.45) is 1.11. The molecule has 2 aromatic carbocycles. The van der Waals surface area contributed by atoms with E-state index in [0.29, 0.717) is 11.3 Å². The largest absolute Gasteiger partial charge is 0.478 e. The van der Waals surface area contributed by atoms with Crippen LogP contribution in [0.5, 0.6) is 0 Å². The molecule has 0 heterocycles. The second kappa shape index (κ2) is 8.26. The number of amides is 1. The van der Waals surface area contributed by atoms with Gasteiger partial charge in [0.25, 0.3) is 0 Å². The molecule has 126 valence electrons. The Morgan fingerprint density at radius 3 is 2.46 bits per heavy atom. The number of carboxylic acid groups (broad SMARTS) is 1. The molecule has 0 spiro atoms. The predicted molar refractivity (Wildman–Crippen MR) is 92.3 cm³/mol. The lowest BCUT2D eigenvalue weighted by molar-refractivity contribution is -0.115. The standard InChI is InChI=1S/C19H21NO4/c1-3-14-6-4-5-7-15(14)11-18(21)20-17-9-13(12-24-2)8-16(10-17)19(22)23/h4-10H,3,11-12H2,1-2H3,(H,20,21)(H,22,23). The molecule has 0 aromatic heterocycles. The summed E-state index contributed by atoms with van der Waals surface area (Å²) in [5, 5.41) is 12.0. The molecule has 5 nitrogen and oxygen atoms in total. The molecule has 0 aliphatic heterocycles. The quantitative estimate of drug-likeness (QED) is 0.818. The molecule has 2 N–H and O–H groups in total. The van der Waals surface area contributed by atoms with E-state index < -0.39 is 5.97 Å². The number of aryl methyl sites for hydroxylation is 1. The van der Waals surface area contributed by atoms with Crippen LogP contribution in [0, 0.1) is 0 Å². The van der Waals surface area contributed by atoms with Crippen molar-refractivity contribution in [3.8, 4) is 0 Å². The van der Waals surface area contributed by atoms with Crippen molar-refractivity contribution in [2.24, 2.45) is 0 Å². The van der Waals surface area contributed by atoms with Crippen molar-refractivity contribution in [3.05, 3.63) is 64.7 Å². The van der Waals surface area contributed by atoms with Gasteiger partial charge in [-0.1, -0.05) is 31.2 Å². The van der Waals surface area contributed by atoms with Crippen LogP contribution in [0.25, 0.3) is 0 Å². The van der Waals surface area contributed by atoms with E-state index in [-0.39, 0.29) is 24.5 Å². The number of hydrogen-bond donors (Lipinski definition) is 2. The normalized spacial score (nSPS) is 10.4. The molecule has 0 aliphatic rings. The molecule has 0 aliphatic carbocycles. The van der Waals surface area contributed by atoms with E-state index >= 15 is 0 Å². The maximum Gasteiger partial charge on any atom is 0.335 e. The van der Waals surface area contributed by atoms with Crippen molar-refractivity contribution >= 4 is 17.6 Å². The summed E-state index contributed by atoms with van der Waals surface area (Å²) < 4.78 is 5.04. The fourth-order valence-corrected chi connectivity index (χ4v) is 2.59. The van der Waals surface area contributed by atoms with Crippen LogP contribution >= 0.6 is 0 Å². The van der Waals surface area contributed by atoms with Gasteiger partial charge in [-0.2, -0.15) is 0 Å². The molecule has 0 bridgehead atoms. The second-order valence-electron chi connectivity index (χ2n) is 5.50. The van der Waals surface area contributed by atoms with Gasteiger partial charge < -0.3 is 15.2 Å². The van der Waals surface area contributed by atoms with Gasteiger partial charge in [-0.05, 0) is 41.3 Å². The van der Waals surface area contributed by atoms with Crippen molar-refractivity contribution in [1.82, 2.24) is 0 Å². The number of carboxylic acids is 1. The summed E-state index contributed by atoms with van der Waals surface area (Å²) in [7, 11) is 1.54. The minimum atomic E-state index is -1.04. The number of aromatic carboxylic acids is 1. The van der Waals surface area contributed by atoms with Gasteiger partial charge >= 0.3 is 5.97 Å². The van der Waals surface area contributed by atoms with Gasteiger partial charge in [0.15, 0.2) is 0 Å². The van der Waals surface area contributed by atoms with E-state index in [0.717, 1.165) is 17.5 Å². The first kappa shape index (κ1) is 17.7. The lowest BCUT2D eigenvalue weighted by Gasteiger charge is -2.11. The highest BCUT2D eigenvalue weighted by molar-refractivity contribution is 5.95. The topological polar surface area (TPSA) is 75.6 Å². The van der Waals surface area contributed by atoms with Crippen LogP contribution in [0.4, 0.5) is 5.69 Å². The highest BCUT2D eigenvalue weighted by atomic mass is 16.5. The van der Waals surface area contributed by atoms with Crippen LogP contribution in [-0.2, 0) is 29.0 Å². The SMILES string of the molecule is CCc1ccccc1CC(=O)Nc1cc(COC)cc(C(=O)O)c1. The number of rotatable bonds is 7. The summed E-state index contributed by atoms with van der Waals surface area (Å²) >= 11 is 0. The van der Waals surface area contributed by atoms with E-state index in [2.05, 4.69) is 5.32 Å². The maximum atomic E-state index is 12.3. The molecule has 2 rings (SSSR count). The average Bonchev–Trinajstić information content (AvgIpc) is 2.55. The van der Waals surface area contributed by atoms with Gasteiger partial charge in [0, 0.05) is 12.8 Å². The monoisotopic (exact) mass is 327 g/mol. The van der Waals surface area contributed by atoms with E-state index in [1.807, 2.05) is 31.2 Å². The Kier molecular flexibility index (Phi) is 6.09. The summed E-state index contributed by atoms with van der Waals surface area (Å²) in [5.74, 6) is -1.22. The lowest BCUT2D eigenvalue weighted by atomic mass is 10.0. The maximum absolute atomic E-state index is 12.3. The van der Waals surface area contributed by atoms with Crippen molar-refractivity contribution < 1.29 is 19.4 Å². The molecule has 0 fully saturated rings. The van der Waals surface area contributed by atoms with E-state index in [1.165, 1.54) is 19.2 Å². The van der Waals surface area contributed by atoms with Crippen molar-refractivity contribution in [2.75, 3.05) is 12.4 Å². The number of carbonyl (C=O) groups excluding carboxylic acids is 1. The third-order valence-corrected chi connectivity index (χ3v) is 3.68. The van der Waals surface area contributed by atoms with E-state index in [9.17, 15) is 14.7 Å². The highest BCUT2D eigenvalue weighted by Gasteiger charge is 2.11. The van der Waals surface area contributed by atoms with Gasteiger partial charge in [0.2, 0.25) is 5.91 Å². The second-order valence-corrected chi connectivity index (χ2v) is 5.50. The first-order valence-corrected chi connectivity index (χ1v) is 7.76. The first-order chi connectivity index (χ1) is 11.5. The van der Waals surface area contributed by atoms with Crippen molar-refractivity contribution in [3.63, 3.8) is 0 Å². The van der Waals surface area contributed by atoms with Gasteiger partial charge in [0.1, 0.15) is 0 Å². The van der Waals surface area contributed by atoms with Crippen LogP contribution in [0.15, 0.2) is 42.5 Å². The Hall–Kier alpha value is -2.66. The molecule has 0 unspecified atom stereocenters. The van der Waals surface area contributed by atoms with Crippen molar-refractivity contribution in [1.29, 1.82) is 0 Å². The first-order valence-electron chi connectivity index (χ1n) is 7.76. The number of hydrogen-bond acceptors (Lipinski definition) is 3. The number of methoxy groups -OCH3 is 1. The molecule has 0 saturated carbocycles. The van der Waals surface area contributed by atoms with Crippen LogP contribution in [-0.4, -0.2) is 24.1 Å². The zero-order valence-corrected chi connectivity index (χ0v) is 13.8. The van der Waals surface area contributed by atoms with Crippen LogP contribution < -0.4 is 5.32 Å². The zero-order valence-electron chi connectivity index (χ0n) is 13.8. The molecule has 2 aromatic rings. The third-order valence-electron chi connectivity index (χ3n) is 3.68. The zero-order chi connectivity index (χ0) is 17.5. The average molecular weight is 327 g/mol. The number of benzene rings is 2. The van der Waals surface area contributed by atoms with Crippen LogP contribution in [0.3, 0.4) is 0 Å². The van der Waals surface area contributed by atoms with E-state index in [1.54, 1.807) is 6.07 Å². The van der Waals surface area contributed by atoms with Gasteiger partial charge in [-0.3, -0.25) is 4.79 Å². The summed E-state index contributed by atoms with van der Waals surface area (Å²) in [6.45, 7) is 2.33. The third kappa shape index (κ3) is 4.67. The molecule has 0 saturated heterocycles. The fourth-order valence-electron chi connectivity index (χ4n) is 2.59. The molecule has 0 atom stereocenters. The molecule has 1 amide bonds. The summed E-state index contributed by atoms with van der Waals surface area (Å²) in [4.78, 5) is 23.5. The van der Waals surface area contributed by atoms with Gasteiger partial charge in [-0.15, -0.1) is 0 Å². The smallest absolute Gasteiger partial charge is 0.335 e. The highest BCUT2D eigenvalue weighted by Crippen LogP contribution is 2.17. The Bertz CT molecular complexity index is 740. The van der Waals surface area contributed by atoms with Crippen LogP contribution in [0.1, 0.15) is 34.0 Å². The number of anilines is 1. The Labute approximate surface area is 141 Å². The fraction of sp³-hybridized carbons (Fsp3) is 0.263. The van der Waals surface area contributed by atoms with Crippen LogP contribution in [0.2, 0.25) is 0 Å². The van der Waals surface area contributed by atoms with Gasteiger partial charge in [0.05, 0.1) is 18.6 Å². The van der Waals surface area contributed by atoms with Crippen molar-refractivity contribution in [2.45, 2.75) is 26.4 Å². The molecule has 5 heteroatoms. The predicted octanol–water partition coefficient (Wildman–Crippen LogP) is 3.27. The van der Waals surface area contributed by atoms with E-state index in [4.69, 9.17) is 4.74 Å². The lowest BCUT2D eigenvalue weighted by Crippen LogP contribution is -2.16. The summed E-state index contributed by atoms with van der Waals surface area (Å²) in [6, 6.07) is 12.5. The van der Waals surface area contributed by atoms with Gasteiger partial charge in [-0.25, -0.2) is 4.79 Å². The minimum Gasteiger partial charge on any atom is -0.478 e. The number of carbonyl (C=O) groups is 2. The Balaban J connectivity index is 2.17. The molecule has 24 heavy (non-hydrogen) atoms. The Morgan fingerprint density at radius 1 is 1.12 bits per heavy atom. The molecular formula is C19H21NO4. The number of ether oxygens (including phenoxy) is 1. The molecule has 0 radical (unpaired) electrons. The minimum absolute atomic E-state index is 0.119. The molecular weight excluding hydrogens is 306 g/mol. The Morgan fingerprint density at radius 2 is 1.83 bits per heavy atom.